The molecule has 0 aromatic heterocycles. The number of halogens is 3. The Balaban J connectivity index is 2.94. The summed E-state index contributed by atoms with van der Waals surface area (Å²) in [4.78, 5) is 22.9. The van der Waals surface area contributed by atoms with Gasteiger partial charge in [-0.1, -0.05) is 25.5 Å². The fourth-order valence-electron chi connectivity index (χ4n) is 1.65. The molecule has 0 spiro atoms. The molecule has 1 aromatic carbocycles. The maximum atomic E-state index is 12.2. The van der Waals surface area contributed by atoms with Crippen molar-refractivity contribution in [2.75, 3.05) is 0 Å². The number of nitrogens with one attached hydrogen (secondary N) is 1. The number of amides is 1. The summed E-state index contributed by atoms with van der Waals surface area (Å²) < 4.78 is 40.5. The van der Waals surface area contributed by atoms with Crippen LogP contribution in [0.25, 0.3) is 0 Å². The molecule has 1 atom stereocenters. The van der Waals surface area contributed by atoms with E-state index in [9.17, 15) is 22.8 Å². The molecule has 0 bridgehead atoms. The standard InChI is InChI=1S/C13H14F3NO4/c1-2-5-9(12(19)20)17-11(18)8-6-3-4-7-10(8)21-13(14,15)16/h3-4,6-7,9H,2,5H2,1H3,(H,17,18)(H,19,20). The average molecular weight is 305 g/mol. The Morgan fingerprint density at radius 1 is 1.33 bits per heavy atom. The number of hydrogen-bond donors (Lipinski definition) is 2. The van der Waals surface area contributed by atoms with Crippen LogP contribution in [0.2, 0.25) is 0 Å². The molecule has 0 saturated carbocycles. The van der Waals surface area contributed by atoms with Crippen LogP contribution < -0.4 is 10.1 Å². The third-order valence-electron chi connectivity index (χ3n) is 2.54. The minimum absolute atomic E-state index is 0.170. The number of carbonyl (C=O) groups is 2. The van der Waals surface area contributed by atoms with Crippen molar-refractivity contribution in [3.63, 3.8) is 0 Å². The SMILES string of the molecule is CCCC(NC(=O)c1ccccc1OC(F)(F)F)C(=O)O. The van der Waals surface area contributed by atoms with Crippen LogP contribution in [0.15, 0.2) is 24.3 Å². The quantitative estimate of drug-likeness (QED) is 0.847. The molecule has 0 aliphatic rings. The smallest absolute Gasteiger partial charge is 0.480 e. The van der Waals surface area contributed by atoms with Crippen LogP contribution in [0.3, 0.4) is 0 Å². The molecule has 0 heterocycles. The number of para-hydroxylation sites is 1. The van der Waals surface area contributed by atoms with Crippen LogP contribution in [0.5, 0.6) is 5.75 Å². The number of hydrogen-bond acceptors (Lipinski definition) is 3. The van der Waals surface area contributed by atoms with Crippen molar-refractivity contribution in [1.82, 2.24) is 5.32 Å². The van der Waals surface area contributed by atoms with Gasteiger partial charge in [0.2, 0.25) is 0 Å². The first-order valence-electron chi connectivity index (χ1n) is 6.13. The van der Waals surface area contributed by atoms with Crippen molar-refractivity contribution in [3.8, 4) is 5.75 Å². The third kappa shape index (κ3) is 5.33. The van der Waals surface area contributed by atoms with E-state index in [2.05, 4.69) is 10.1 Å². The van der Waals surface area contributed by atoms with Crippen molar-refractivity contribution in [2.45, 2.75) is 32.2 Å². The third-order valence-corrected chi connectivity index (χ3v) is 2.54. The van der Waals surface area contributed by atoms with Crippen LogP contribution in [-0.4, -0.2) is 29.4 Å². The highest BCUT2D eigenvalue weighted by Gasteiger charge is 2.33. The number of rotatable bonds is 6. The minimum Gasteiger partial charge on any atom is -0.480 e. The summed E-state index contributed by atoms with van der Waals surface area (Å²) in [6, 6.07) is 3.58. The van der Waals surface area contributed by atoms with E-state index in [4.69, 9.17) is 5.11 Å². The summed E-state index contributed by atoms with van der Waals surface area (Å²) in [6.07, 6.45) is -4.27. The monoisotopic (exact) mass is 305 g/mol. The number of carboxylic acids is 1. The normalized spacial score (nSPS) is 12.6. The molecule has 2 N–H and O–H groups in total. The van der Waals surface area contributed by atoms with Crippen molar-refractivity contribution < 1.29 is 32.6 Å². The number of carbonyl (C=O) groups excluding carboxylic acids is 1. The zero-order valence-corrected chi connectivity index (χ0v) is 11.1. The maximum Gasteiger partial charge on any atom is 0.573 e. The largest absolute Gasteiger partial charge is 0.573 e. The zero-order valence-electron chi connectivity index (χ0n) is 11.1. The molecule has 21 heavy (non-hydrogen) atoms. The zero-order chi connectivity index (χ0) is 16.0. The Labute approximate surface area is 118 Å². The molecule has 0 radical (unpaired) electrons. The Morgan fingerprint density at radius 3 is 2.48 bits per heavy atom. The highest BCUT2D eigenvalue weighted by atomic mass is 19.4. The Bertz CT molecular complexity index is 516. The van der Waals surface area contributed by atoms with E-state index in [1.807, 2.05) is 0 Å². The molecule has 5 nitrogen and oxygen atoms in total. The van der Waals surface area contributed by atoms with Gasteiger partial charge in [-0.05, 0) is 18.6 Å². The molecule has 116 valence electrons. The van der Waals surface area contributed by atoms with Gasteiger partial charge in [-0.2, -0.15) is 0 Å². The topological polar surface area (TPSA) is 75.6 Å². The summed E-state index contributed by atoms with van der Waals surface area (Å²) in [5.74, 6) is -2.86. The first-order valence-corrected chi connectivity index (χ1v) is 6.13. The molecule has 0 aliphatic heterocycles. The van der Waals surface area contributed by atoms with E-state index in [1.54, 1.807) is 6.92 Å². The predicted molar refractivity (Wildman–Crippen MR) is 66.9 cm³/mol. The van der Waals surface area contributed by atoms with E-state index in [1.165, 1.54) is 12.1 Å². The highest BCUT2D eigenvalue weighted by molar-refractivity contribution is 5.98. The van der Waals surface area contributed by atoms with Gasteiger partial charge in [-0.15, -0.1) is 13.2 Å². The van der Waals surface area contributed by atoms with Crippen LogP contribution >= 0.6 is 0 Å². The van der Waals surface area contributed by atoms with Gasteiger partial charge >= 0.3 is 12.3 Å². The fourth-order valence-corrected chi connectivity index (χ4v) is 1.65. The van der Waals surface area contributed by atoms with Gasteiger partial charge in [0, 0.05) is 0 Å². The predicted octanol–water partition coefficient (Wildman–Crippen LogP) is 2.57. The van der Waals surface area contributed by atoms with Gasteiger partial charge in [0.05, 0.1) is 5.56 Å². The van der Waals surface area contributed by atoms with Crippen LogP contribution in [-0.2, 0) is 4.79 Å². The molecule has 0 fully saturated rings. The lowest BCUT2D eigenvalue weighted by Crippen LogP contribution is -2.40. The van der Waals surface area contributed by atoms with E-state index in [0.717, 1.165) is 12.1 Å². The van der Waals surface area contributed by atoms with E-state index in [0.29, 0.717) is 6.42 Å². The number of ether oxygens (including phenoxy) is 1. The number of benzene rings is 1. The summed E-state index contributed by atoms with van der Waals surface area (Å²) in [5.41, 5.74) is -0.378. The van der Waals surface area contributed by atoms with Gasteiger partial charge in [0.15, 0.2) is 0 Å². The van der Waals surface area contributed by atoms with Crippen molar-refractivity contribution in [2.24, 2.45) is 0 Å². The van der Waals surface area contributed by atoms with Crippen molar-refractivity contribution >= 4 is 11.9 Å². The van der Waals surface area contributed by atoms with Crippen molar-refractivity contribution in [1.29, 1.82) is 0 Å². The van der Waals surface area contributed by atoms with Crippen LogP contribution in [0, 0.1) is 0 Å². The number of alkyl halides is 3. The number of carboxylic acid groups (broad SMARTS) is 1. The number of aliphatic carboxylic acids is 1. The second-order valence-corrected chi connectivity index (χ2v) is 4.20. The Kier molecular flexibility index (Phi) is 5.57. The summed E-state index contributed by atoms with van der Waals surface area (Å²) in [7, 11) is 0. The second kappa shape index (κ2) is 6.96. The summed E-state index contributed by atoms with van der Waals surface area (Å²) >= 11 is 0. The molecule has 1 amide bonds. The minimum atomic E-state index is -4.94. The molecule has 8 heteroatoms. The van der Waals surface area contributed by atoms with E-state index >= 15 is 0 Å². The van der Waals surface area contributed by atoms with Crippen LogP contribution in [0.4, 0.5) is 13.2 Å². The Hall–Kier alpha value is -2.25. The second-order valence-electron chi connectivity index (χ2n) is 4.20. The first-order chi connectivity index (χ1) is 9.74. The highest BCUT2D eigenvalue weighted by Crippen LogP contribution is 2.26. The van der Waals surface area contributed by atoms with E-state index < -0.39 is 30.0 Å². The molecular weight excluding hydrogens is 291 g/mol. The summed E-state index contributed by atoms with van der Waals surface area (Å²) in [5, 5.41) is 11.1. The lowest BCUT2D eigenvalue weighted by Gasteiger charge is -2.16. The molecule has 0 aliphatic carbocycles. The van der Waals surface area contributed by atoms with Gasteiger partial charge in [-0.3, -0.25) is 4.79 Å². The van der Waals surface area contributed by atoms with Gasteiger partial charge in [-0.25, -0.2) is 4.79 Å². The fraction of sp³-hybridized carbons (Fsp3) is 0.385. The van der Waals surface area contributed by atoms with Gasteiger partial charge < -0.3 is 15.2 Å². The molecule has 0 saturated heterocycles. The summed E-state index contributed by atoms with van der Waals surface area (Å²) in [6.45, 7) is 1.73. The first kappa shape index (κ1) is 16.8. The maximum absolute atomic E-state index is 12.2. The molecule has 1 rings (SSSR count). The van der Waals surface area contributed by atoms with Gasteiger partial charge in [0.1, 0.15) is 11.8 Å². The molecule has 1 aromatic rings. The lowest BCUT2D eigenvalue weighted by molar-refractivity contribution is -0.274. The van der Waals surface area contributed by atoms with E-state index in [-0.39, 0.29) is 12.0 Å². The van der Waals surface area contributed by atoms with Crippen molar-refractivity contribution in [3.05, 3.63) is 29.8 Å². The molecule has 1 unspecified atom stereocenters. The van der Waals surface area contributed by atoms with Gasteiger partial charge in [0.25, 0.3) is 5.91 Å². The van der Waals surface area contributed by atoms with Crippen LogP contribution in [0.1, 0.15) is 30.1 Å². The lowest BCUT2D eigenvalue weighted by atomic mass is 10.1. The Morgan fingerprint density at radius 2 is 1.95 bits per heavy atom. The molecular formula is C13H14F3NO4. The average Bonchev–Trinajstić information content (AvgIpc) is 2.36.